The first kappa shape index (κ1) is 13.1. The third-order valence-electron chi connectivity index (χ3n) is 3.39. The van der Waals surface area contributed by atoms with Crippen molar-refractivity contribution < 1.29 is 19.4 Å². The Morgan fingerprint density at radius 1 is 1.28 bits per heavy atom. The minimum absolute atomic E-state index is 0.251. The minimum atomic E-state index is -0.779. The van der Waals surface area contributed by atoms with Crippen LogP contribution < -0.4 is 0 Å². The van der Waals surface area contributed by atoms with Gasteiger partial charge >= 0.3 is 5.97 Å². The zero-order valence-corrected chi connectivity index (χ0v) is 10.3. The van der Waals surface area contributed by atoms with Gasteiger partial charge in [-0.2, -0.15) is 0 Å². The van der Waals surface area contributed by atoms with Gasteiger partial charge < -0.3 is 14.6 Å². The average molecular weight is 250 g/mol. The predicted molar refractivity (Wildman–Crippen MR) is 66.2 cm³/mol. The van der Waals surface area contributed by atoms with E-state index in [1.165, 1.54) is 0 Å². The summed E-state index contributed by atoms with van der Waals surface area (Å²) in [5.41, 5.74) is 0.289. The van der Waals surface area contributed by atoms with E-state index in [1.54, 1.807) is 0 Å². The van der Waals surface area contributed by atoms with E-state index < -0.39 is 11.4 Å². The smallest absolute Gasteiger partial charge is 0.312 e. The van der Waals surface area contributed by atoms with Gasteiger partial charge in [0.25, 0.3) is 0 Å². The molecule has 1 N–H and O–H groups in total. The normalized spacial score (nSPS) is 18.4. The van der Waals surface area contributed by atoms with E-state index >= 15 is 0 Å². The molecule has 1 heterocycles. The van der Waals surface area contributed by atoms with Gasteiger partial charge in [-0.05, 0) is 18.4 Å². The fourth-order valence-corrected chi connectivity index (χ4v) is 2.12. The minimum Gasteiger partial charge on any atom is -0.481 e. The Hall–Kier alpha value is -1.39. The quantitative estimate of drug-likeness (QED) is 0.869. The number of carboxylic acids is 1. The third kappa shape index (κ3) is 3.09. The molecule has 0 unspecified atom stereocenters. The molecule has 4 nitrogen and oxygen atoms in total. The van der Waals surface area contributed by atoms with E-state index in [2.05, 4.69) is 0 Å². The number of aliphatic carboxylic acids is 1. The number of ether oxygens (including phenoxy) is 2. The SMILES string of the molecule is O=C(O)C1(COCc2ccccc2)CCOCC1. The van der Waals surface area contributed by atoms with E-state index in [0.29, 0.717) is 32.7 Å². The second kappa shape index (κ2) is 5.98. The van der Waals surface area contributed by atoms with Crippen molar-refractivity contribution in [3.05, 3.63) is 35.9 Å². The third-order valence-corrected chi connectivity index (χ3v) is 3.39. The first-order valence-corrected chi connectivity index (χ1v) is 6.16. The Morgan fingerprint density at radius 2 is 1.94 bits per heavy atom. The van der Waals surface area contributed by atoms with Crippen LogP contribution in [0, 0.1) is 5.41 Å². The van der Waals surface area contributed by atoms with E-state index in [-0.39, 0.29) is 6.61 Å². The first-order valence-electron chi connectivity index (χ1n) is 6.16. The number of rotatable bonds is 5. The molecule has 1 aromatic carbocycles. The molecule has 0 saturated carbocycles. The molecule has 0 amide bonds. The summed E-state index contributed by atoms with van der Waals surface area (Å²) in [6.07, 6.45) is 1.05. The van der Waals surface area contributed by atoms with Crippen LogP contribution in [-0.4, -0.2) is 30.9 Å². The predicted octanol–water partition coefficient (Wildman–Crippen LogP) is 2.08. The van der Waals surface area contributed by atoms with Crippen LogP contribution in [0.1, 0.15) is 18.4 Å². The van der Waals surface area contributed by atoms with E-state index in [1.807, 2.05) is 30.3 Å². The highest BCUT2D eigenvalue weighted by Crippen LogP contribution is 2.31. The Bertz CT molecular complexity index is 382. The summed E-state index contributed by atoms with van der Waals surface area (Å²) >= 11 is 0. The largest absolute Gasteiger partial charge is 0.481 e. The molecule has 18 heavy (non-hydrogen) atoms. The van der Waals surface area contributed by atoms with Gasteiger partial charge in [-0.15, -0.1) is 0 Å². The highest BCUT2D eigenvalue weighted by molar-refractivity contribution is 5.74. The molecular formula is C14H18O4. The highest BCUT2D eigenvalue weighted by atomic mass is 16.5. The molecule has 1 fully saturated rings. The van der Waals surface area contributed by atoms with Gasteiger partial charge in [0.05, 0.1) is 18.6 Å². The lowest BCUT2D eigenvalue weighted by molar-refractivity contribution is -0.161. The fourth-order valence-electron chi connectivity index (χ4n) is 2.12. The molecule has 1 aliphatic heterocycles. The van der Waals surface area contributed by atoms with Crippen molar-refractivity contribution in [3.8, 4) is 0 Å². The summed E-state index contributed by atoms with van der Waals surface area (Å²) < 4.78 is 10.8. The maximum absolute atomic E-state index is 11.4. The number of hydrogen-bond donors (Lipinski definition) is 1. The highest BCUT2D eigenvalue weighted by Gasteiger charge is 2.40. The van der Waals surface area contributed by atoms with Gasteiger partial charge in [-0.25, -0.2) is 0 Å². The number of carboxylic acid groups (broad SMARTS) is 1. The number of benzene rings is 1. The van der Waals surface area contributed by atoms with Crippen LogP contribution in [-0.2, 0) is 20.9 Å². The lowest BCUT2D eigenvalue weighted by Crippen LogP contribution is -2.41. The second-order valence-corrected chi connectivity index (χ2v) is 4.68. The Balaban J connectivity index is 1.88. The van der Waals surface area contributed by atoms with Crippen LogP contribution in [0.5, 0.6) is 0 Å². The van der Waals surface area contributed by atoms with Crippen molar-refractivity contribution in [2.24, 2.45) is 5.41 Å². The van der Waals surface area contributed by atoms with Gasteiger partial charge in [-0.3, -0.25) is 4.79 Å². The topological polar surface area (TPSA) is 55.8 Å². The Kier molecular flexibility index (Phi) is 4.33. The van der Waals surface area contributed by atoms with Crippen LogP contribution in [0.25, 0.3) is 0 Å². The van der Waals surface area contributed by atoms with Crippen LogP contribution >= 0.6 is 0 Å². The van der Waals surface area contributed by atoms with Gasteiger partial charge in [0.2, 0.25) is 0 Å². The Morgan fingerprint density at radius 3 is 2.56 bits per heavy atom. The van der Waals surface area contributed by atoms with E-state index in [4.69, 9.17) is 9.47 Å². The van der Waals surface area contributed by atoms with Gasteiger partial charge in [0, 0.05) is 13.2 Å². The van der Waals surface area contributed by atoms with E-state index in [0.717, 1.165) is 5.56 Å². The van der Waals surface area contributed by atoms with Crippen molar-refractivity contribution in [1.29, 1.82) is 0 Å². The molecule has 0 spiro atoms. The van der Waals surface area contributed by atoms with Crippen LogP contribution in [0.3, 0.4) is 0 Å². The number of carbonyl (C=O) groups is 1. The molecule has 0 aliphatic carbocycles. The maximum atomic E-state index is 11.4. The van der Waals surface area contributed by atoms with Crippen molar-refractivity contribution in [2.75, 3.05) is 19.8 Å². The van der Waals surface area contributed by atoms with Gasteiger partial charge in [-0.1, -0.05) is 30.3 Å². The van der Waals surface area contributed by atoms with Gasteiger partial charge in [0.1, 0.15) is 0 Å². The van der Waals surface area contributed by atoms with Crippen LogP contribution in [0.2, 0.25) is 0 Å². The lowest BCUT2D eigenvalue weighted by Gasteiger charge is -2.32. The zero-order chi connectivity index (χ0) is 12.8. The zero-order valence-electron chi connectivity index (χ0n) is 10.3. The fraction of sp³-hybridized carbons (Fsp3) is 0.500. The first-order chi connectivity index (χ1) is 8.73. The molecule has 4 heteroatoms. The summed E-state index contributed by atoms with van der Waals surface area (Å²) in [5.74, 6) is -0.779. The molecule has 1 aliphatic rings. The van der Waals surface area contributed by atoms with Crippen LogP contribution in [0.4, 0.5) is 0 Å². The van der Waals surface area contributed by atoms with Gasteiger partial charge in [0.15, 0.2) is 0 Å². The monoisotopic (exact) mass is 250 g/mol. The number of hydrogen-bond acceptors (Lipinski definition) is 3. The summed E-state index contributed by atoms with van der Waals surface area (Å²) in [4.78, 5) is 11.4. The second-order valence-electron chi connectivity index (χ2n) is 4.68. The summed E-state index contributed by atoms with van der Waals surface area (Å²) in [6, 6.07) is 9.77. The summed E-state index contributed by atoms with van der Waals surface area (Å²) in [7, 11) is 0. The molecule has 0 atom stereocenters. The van der Waals surface area contributed by atoms with Crippen molar-refractivity contribution in [2.45, 2.75) is 19.4 Å². The molecule has 1 saturated heterocycles. The molecule has 0 aromatic heterocycles. The molecular weight excluding hydrogens is 232 g/mol. The molecule has 1 aromatic rings. The van der Waals surface area contributed by atoms with Crippen molar-refractivity contribution >= 4 is 5.97 Å². The van der Waals surface area contributed by atoms with Crippen molar-refractivity contribution in [1.82, 2.24) is 0 Å². The maximum Gasteiger partial charge on any atom is 0.312 e. The Labute approximate surface area is 107 Å². The van der Waals surface area contributed by atoms with Crippen LogP contribution in [0.15, 0.2) is 30.3 Å². The average Bonchev–Trinajstić information content (AvgIpc) is 2.41. The standard InChI is InChI=1S/C14H18O4/c15-13(16)14(6-8-17-9-7-14)11-18-10-12-4-2-1-3-5-12/h1-5H,6-11H2,(H,15,16). The molecule has 0 radical (unpaired) electrons. The lowest BCUT2D eigenvalue weighted by atomic mass is 9.81. The summed E-state index contributed by atoms with van der Waals surface area (Å²) in [6.45, 7) is 1.71. The molecule has 0 bridgehead atoms. The molecule has 2 rings (SSSR count). The molecule has 98 valence electrons. The van der Waals surface area contributed by atoms with Crippen molar-refractivity contribution in [3.63, 3.8) is 0 Å². The summed E-state index contributed by atoms with van der Waals surface area (Å²) in [5, 5.41) is 9.35. The van der Waals surface area contributed by atoms with E-state index in [9.17, 15) is 9.90 Å².